The van der Waals surface area contributed by atoms with Gasteiger partial charge in [0.2, 0.25) is 11.8 Å². The first-order valence-corrected chi connectivity index (χ1v) is 4.69. The van der Waals surface area contributed by atoms with Crippen LogP contribution in [0.15, 0.2) is 0 Å². The lowest BCUT2D eigenvalue weighted by Crippen LogP contribution is -2.49. The monoisotopic (exact) mass is 237 g/mol. The Hall–Kier alpha value is -0.810. The fourth-order valence-corrected chi connectivity index (χ4v) is 1.02. The third kappa shape index (κ3) is 7.16. The van der Waals surface area contributed by atoms with Crippen LogP contribution in [0.2, 0.25) is 0 Å². The molecule has 2 amide bonds. The van der Waals surface area contributed by atoms with E-state index in [4.69, 9.17) is 11.5 Å². The minimum absolute atomic E-state index is 0. The first-order chi connectivity index (χ1) is 6.34. The normalized spacial score (nSPS) is 13.9. The van der Waals surface area contributed by atoms with Crippen molar-refractivity contribution in [1.29, 1.82) is 0 Å². The molecule has 0 aromatic heterocycles. The molecule has 0 aromatic rings. The van der Waals surface area contributed by atoms with Crippen LogP contribution in [0.25, 0.3) is 0 Å². The van der Waals surface area contributed by atoms with Gasteiger partial charge in [-0.3, -0.25) is 9.59 Å². The van der Waals surface area contributed by atoms with Crippen LogP contribution in [0.1, 0.15) is 27.2 Å². The molecule has 2 unspecified atom stereocenters. The number of amides is 2. The Balaban J connectivity index is 0. The Morgan fingerprint density at radius 3 is 2.00 bits per heavy atom. The standard InChI is InChI=1S/C9H19N3O2.ClH/c1-5(2)4-7(8(11)13)12-9(14)6(3)10;/h5-7H,4,10H2,1-3H3,(H2,11,13)(H,12,14);1H. The quantitative estimate of drug-likeness (QED) is 0.616. The predicted molar refractivity (Wildman–Crippen MR) is 61.5 cm³/mol. The molecule has 0 aromatic carbocycles. The van der Waals surface area contributed by atoms with Gasteiger partial charge < -0.3 is 16.8 Å². The fourth-order valence-electron chi connectivity index (χ4n) is 1.02. The van der Waals surface area contributed by atoms with E-state index in [1.807, 2.05) is 13.8 Å². The number of rotatable bonds is 5. The predicted octanol–water partition coefficient (Wildman–Crippen LogP) is -0.228. The molecular formula is C9H20ClN3O2. The van der Waals surface area contributed by atoms with Gasteiger partial charge in [-0.1, -0.05) is 13.8 Å². The smallest absolute Gasteiger partial charge is 0.240 e. The number of halogens is 1. The second-order valence-corrected chi connectivity index (χ2v) is 3.88. The van der Waals surface area contributed by atoms with E-state index in [9.17, 15) is 9.59 Å². The number of carbonyl (C=O) groups is 2. The lowest BCUT2D eigenvalue weighted by atomic mass is 10.0. The van der Waals surface area contributed by atoms with Gasteiger partial charge in [-0.05, 0) is 19.3 Å². The Morgan fingerprint density at radius 2 is 1.73 bits per heavy atom. The minimum atomic E-state index is -0.621. The highest BCUT2D eigenvalue weighted by Gasteiger charge is 2.20. The van der Waals surface area contributed by atoms with Crippen LogP contribution in [0, 0.1) is 5.92 Å². The van der Waals surface area contributed by atoms with Gasteiger partial charge in [0.15, 0.2) is 0 Å². The van der Waals surface area contributed by atoms with Crippen LogP contribution >= 0.6 is 12.4 Å². The van der Waals surface area contributed by atoms with E-state index in [1.54, 1.807) is 6.92 Å². The third-order valence-electron chi connectivity index (χ3n) is 1.78. The number of hydrogen-bond acceptors (Lipinski definition) is 3. The second kappa shape index (κ2) is 7.48. The molecular weight excluding hydrogens is 218 g/mol. The summed E-state index contributed by atoms with van der Waals surface area (Å²) < 4.78 is 0. The Labute approximate surface area is 96.4 Å². The number of carbonyl (C=O) groups excluding carboxylic acids is 2. The zero-order valence-corrected chi connectivity index (χ0v) is 10.1. The Morgan fingerprint density at radius 1 is 1.27 bits per heavy atom. The molecule has 0 fully saturated rings. The van der Waals surface area contributed by atoms with Crippen LogP contribution < -0.4 is 16.8 Å². The minimum Gasteiger partial charge on any atom is -0.368 e. The maximum absolute atomic E-state index is 11.2. The van der Waals surface area contributed by atoms with Gasteiger partial charge in [0.25, 0.3) is 0 Å². The summed E-state index contributed by atoms with van der Waals surface area (Å²) in [4.78, 5) is 22.2. The molecule has 0 aliphatic carbocycles. The highest BCUT2D eigenvalue weighted by Crippen LogP contribution is 2.04. The van der Waals surface area contributed by atoms with Gasteiger partial charge in [0.05, 0.1) is 6.04 Å². The van der Waals surface area contributed by atoms with Crippen molar-refractivity contribution in [3.8, 4) is 0 Å². The summed E-state index contributed by atoms with van der Waals surface area (Å²) >= 11 is 0. The van der Waals surface area contributed by atoms with Gasteiger partial charge >= 0.3 is 0 Å². The molecule has 0 aliphatic heterocycles. The molecule has 0 radical (unpaired) electrons. The summed E-state index contributed by atoms with van der Waals surface area (Å²) in [6, 6.07) is -1.24. The summed E-state index contributed by atoms with van der Waals surface area (Å²) in [6.45, 7) is 5.46. The van der Waals surface area contributed by atoms with Crippen molar-refractivity contribution >= 4 is 24.2 Å². The number of nitrogens with two attached hydrogens (primary N) is 2. The molecule has 0 saturated heterocycles. The molecule has 5 N–H and O–H groups in total. The summed E-state index contributed by atoms with van der Waals surface area (Å²) in [7, 11) is 0. The molecule has 2 atom stereocenters. The van der Waals surface area contributed by atoms with Crippen LogP contribution in [0.3, 0.4) is 0 Å². The number of hydrogen-bond donors (Lipinski definition) is 3. The van der Waals surface area contributed by atoms with Crippen LogP contribution in [0.4, 0.5) is 0 Å². The Bertz CT molecular complexity index is 219. The van der Waals surface area contributed by atoms with Crippen LogP contribution in [-0.2, 0) is 9.59 Å². The average Bonchev–Trinajstić information content (AvgIpc) is 2.01. The van der Waals surface area contributed by atoms with E-state index in [1.165, 1.54) is 0 Å². The van der Waals surface area contributed by atoms with Crippen LogP contribution in [-0.4, -0.2) is 23.9 Å². The van der Waals surface area contributed by atoms with Crippen molar-refractivity contribution < 1.29 is 9.59 Å². The van der Waals surface area contributed by atoms with E-state index in [0.29, 0.717) is 12.3 Å². The molecule has 6 heteroatoms. The molecule has 0 aliphatic rings. The highest BCUT2D eigenvalue weighted by atomic mass is 35.5. The summed E-state index contributed by atoms with van der Waals surface area (Å²) in [5, 5.41) is 2.51. The van der Waals surface area contributed by atoms with Gasteiger partial charge in [0, 0.05) is 0 Å². The van der Waals surface area contributed by atoms with Gasteiger partial charge in [-0.15, -0.1) is 12.4 Å². The van der Waals surface area contributed by atoms with Crippen molar-refractivity contribution in [2.45, 2.75) is 39.3 Å². The van der Waals surface area contributed by atoms with Gasteiger partial charge in [0.1, 0.15) is 6.04 Å². The van der Waals surface area contributed by atoms with E-state index < -0.39 is 18.0 Å². The molecule has 90 valence electrons. The molecule has 0 heterocycles. The topological polar surface area (TPSA) is 98.2 Å². The molecule has 0 rings (SSSR count). The summed E-state index contributed by atoms with van der Waals surface area (Å²) in [5.74, 6) is -0.581. The Kier molecular flexibility index (Phi) is 8.28. The molecule has 15 heavy (non-hydrogen) atoms. The summed E-state index contributed by atoms with van der Waals surface area (Å²) in [6.07, 6.45) is 0.536. The second-order valence-electron chi connectivity index (χ2n) is 3.88. The average molecular weight is 238 g/mol. The van der Waals surface area contributed by atoms with E-state index >= 15 is 0 Å². The van der Waals surface area contributed by atoms with Crippen LogP contribution in [0.5, 0.6) is 0 Å². The lowest BCUT2D eigenvalue weighted by molar-refractivity contribution is -0.128. The number of primary amides is 1. The van der Waals surface area contributed by atoms with Crippen molar-refractivity contribution in [2.75, 3.05) is 0 Å². The fraction of sp³-hybridized carbons (Fsp3) is 0.778. The maximum atomic E-state index is 11.2. The number of nitrogens with one attached hydrogen (secondary N) is 1. The van der Waals surface area contributed by atoms with E-state index in [-0.39, 0.29) is 18.3 Å². The molecule has 0 spiro atoms. The maximum Gasteiger partial charge on any atom is 0.240 e. The molecule has 0 bridgehead atoms. The van der Waals surface area contributed by atoms with E-state index in [2.05, 4.69) is 5.32 Å². The first-order valence-electron chi connectivity index (χ1n) is 4.69. The molecule has 0 saturated carbocycles. The van der Waals surface area contributed by atoms with Crippen molar-refractivity contribution in [3.05, 3.63) is 0 Å². The van der Waals surface area contributed by atoms with Gasteiger partial charge in [-0.25, -0.2) is 0 Å². The zero-order chi connectivity index (χ0) is 11.3. The van der Waals surface area contributed by atoms with Crippen molar-refractivity contribution in [3.63, 3.8) is 0 Å². The van der Waals surface area contributed by atoms with Gasteiger partial charge in [-0.2, -0.15) is 0 Å². The third-order valence-corrected chi connectivity index (χ3v) is 1.78. The highest BCUT2D eigenvalue weighted by molar-refractivity contribution is 5.88. The SMILES string of the molecule is CC(C)CC(NC(=O)C(C)N)C(N)=O.Cl. The summed E-state index contributed by atoms with van der Waals surface area (Å²) in [5.41, 5.74) is 10.5. The zero-order valence-electron chi connectivity index (χ0n) is 9.32. The van der Waals surface area contributed by atoms with Crippen molar-refractivity contribution in [1.82, 2.24) is 5.32 Å². The first kappa shape index (κ1) is 16.6. The lowest BCUT2D eigenvalue weighted by Gasteiger charge is -2.18. The van der Waals surface area contributed by atoms with Crippen molar-refractivity contribution in [2.24, 2.45) is 17.4 Å². The largest absolute Gasteiger partial charge is 0.368 e. The van der Waals surface area contributed by atoms with E-state index in [0.717, 1.165) is 0 Å². The molecule has 5 nitrogen and oxygen atoms in total.